The van der Waals surface area contributed by atoms with Crippen molar-refractivity contribution >= 4 is 0 Å². The van der Waals surface area contributed by atoms with E-state index in [2.05, 4.69) is 5.10 Å². The minimum atomic E-state index is -0.740. The first kappa shape index (κ1) is 12.4. The summed E-state index contributed by atoms with van der Waals surface area (Å²) in [7, 11) is 1.45. The third-order valence-corrected chi connectivity index (χ3v) is 2.58. The zero-order valence-electron chi connectivity index (χ0n) is 9.65. The minimum Gasteiger partial charge on any atom is -0.326 e. The number of aryl methyl sites for hydroxylation is 1. The largest absolute Gasteiger partial charge is 0.326 e. The summed E-state index contributed by atoms with van der Waals surface area (Å²) in [4.78, 5) is 11.4. The van der Waals surface area contributed by atoms with Crippen LogP contribution in [0, 0.1) is 11.6 Å². The van der Waals surface area contributed by atoms with Crippen molar-refractivity contribution < 1.29 is 8.78 Å². The highest BCUT2D eigenvalue weighted by Gasteiger charge is 2.13. The maximum Gasteiger partial charge on any atom is 0.266 e. The van der Waals surface area contributed by atoms with E-state index in [1.54, 1.807) is 0 Å². The van der Waals surface area contributed by atoms with Gasteiger partial charge in [0.05, 0.1) is 5.69 Å². The molecule has 0 amide bonds. The maximum atomic E-state index is 13.7. The first-order valence-electron chi connectivity index (χ1n) is 5.25. The molecule has 4 nitrogen and oxygen atoms in total. The number of aromatic nitrogens is 2. The van der Waals surface area contributed by atoms with Gasteiger partial charge in [0.25, 0.3) is 5.56 Å². The summed E-state index contributed by atoms with van der Waals surface area (Å²) in [5, 5.41) is 3.97. The van der Waals surface area contributed by atoms with Gasteiger partial charge in [-0.3, -0.25) is 4.79 Å². The molecule has 2 N–H and O–H groups in total. The van der Waals surface area contributed by atoms with E-state index in [0.29, 0.717) is 5.56 Å². The number of hydrogen-bond acceptors (Lipinski definition) is 3. The first-order chi connectivity index (χ1) is 8.52. The summed E-state index contributed by atoms with van der Waals surface area (Å²) in [6, 6.07) is 4.47. The van der Waals surface area contributed by atoms with Crippen molar-refractivity contribution in [1.82, 2.24) is 9.78 Å². The molecule has 2 aromatic rings. The normalized spacial score (nSPS) is 10.7. The van der Waals surface area contributed by atoms with Crippen LogP contribution in [0.4, 0.5) is 8.78 Å². The van der Waals surface area contributed by atoms with Crippen LogP contribution < -0.4 is 11.3 Å². The van der Waals surface area contributed by atoms with Crippen LogP contribution in [0.15, 0.2) is 29.1 Å². The smallest absolute Gasteiger partial charge is 0.266 e. The highest BCUT2D eigenvalue weighted by atomic mass is 19.1. The quantitative estimate of drug-likeness (QED) is 0.872. The molecule has 0 fully saturated rings. The van der Waals surface area contributed by atoms with Crippen molar-refractivity contribution in [3.05, 3.63) is 51.8 Å². The van der Waals surface area contributed by atoms with Gasteiger partial charge < -0.3 is 5.73 Å². The van der Waals surface area contributed by atoms with Gasteiger partial charge in [0.15, 0.2) is 0 Å². The maximum absolute atomic E-state index is 13.7. The van der Waals surface area contributed by atoms with Gasteiger partial charge >= 0.3 is 0 Å². The fraction of sp³-hybridized carbons (Fsp3) is 0.167. The van der Waals surface area contributed by atoms with Gasteiger partial charge in [-0.2, -0.15) is 5.10 Å². The number of halogens is 2. The fourth-order valence-corrected chi connectivity index (χ4v) is 1.64. The van der Waals surface area contributed by atoms with Crippen molar-refractivity contribution in [2.75, 3.05) is 0 Å². The number of benzene rings is 1. The Morgan fingerprint density at radius 3 is 2.67 bits per heavy atom. The Hall–Kier alpha value is -2.08. The standard InChI is InChI=1S/C12H11F2N3O/c1-17-11(18)4-7(6-15)12(16-17)9-3-2-8(13)5-10(9)14/h2-5H,6,15H2,1H3. The molecular formula is C12H11F2N3O. The summed E-state index contributed by atoms with van der Waals surface area (Å²) in [6.07, 6.45) is 0. The lowest BCUT2D eigenvalue weighted by atomic mass is 10.1. The summed E-state index contributed by atoms with van der Waals surface area (Å²) in [6.45, 7) is 0.0508. The highest BCUT2D eigenvalue weighted by Crippen LogP contribution is 2.23. The van der Waals surface area contributed by atoms with Crippen LogP contribution >= 0.6 is 0 Å². The fourth-order valence-electron chi connectivity index (χ4n) is 1.64. The molecule has 0 bridgehead atoms. The van der Waals surface area contributed by atoms with Crippen LogP contribution in [-0.4, -0.2) is 9.78 Å². The van der Waals surface area contributed by atoms with E-state index in [9.17, 15) is 13.6 Å². The van der Waals surface area contributed by atoms with E-state index >= 15 is 0 Å². The van der Waals surface area contributed by atoms with E-state index in [1.165, 1.54) is 19.2 Å². The average molecular weight is 251 g/mol. The summed E-state index contributed by atoms with van der Waals surface area (Å²) < 4.78 is 27.6. The molecule has 1 aromatic heterocycles. The lowest BCUT2D eigenvalue weighted by Crippen LogP contribution is -2.21. The number of nitrogens with two attached hydrogens (primary N) is 1. The Morgan fingerprint density at radius 1 is 1.33 bits per heavy atom. The first-order valence-corrected chi connectivity index (χ1v) is 5.25. The molecule has 0 aliphatic carbocycles. The molecule has 0 atom stereocenters. The lowest BCUT2D eigenvalue weighted by Gasteiger charge is -2.09. The van der Waals surface area contributed by atoms with Gasteiger partial charge in [-0.1, -0.05) is 0 Å². The molecular weight excluding hydrogens is 240 g/mol. The lowest BCUT2D eigenvalue weighted by molar-refractivity contribution is 0.584. The Bertz CT molecular complexity index is 652. The van der Waals surface area contributed by atoms with Crippen molar-refractivity contribution in [3.63, 3.8) is 0 Å². The van der Waals surface area contributed by atoms with Crippen LogP contribution in [0.5, 0.6) is 0 Å². The monoisotopic (exact) mass is 251 g/mol. The molecule has 94 valence electrons. The second kappa shape index (κ2) is 4.66. The molecule has 0 unspecified atom stereocenters. The molecule has 0 spiro atoms. The molecule has 18 heavy (non-hydrogen) atoms. The predicted molar refractivity (Wildman–Crippen MR) is 62.7 cm³/mol. The van der Waals surface area contributed by atoms with E-state index < -0.39 is 11.6 Å². The third-order valence-electron chi connectivity index (χ3n) is 2.58. The van der Waals surface area contributed by atoms with E-state index in [4.69, 9.17) is 5.73 Å². The summed E-state index contributed by atoms with van der Waals surface area (Å²) >= 11 is 0. The Kier molecular flexibility index (Phi) is 3.20. The molecule has 0 saturated heterocycles. The van der Waals surface area contributed by atoms with Gasteiger partial charge in [0.2, 0.25) is 0 Å². The van der Waals surface area contributed by atoms with Gasteiger partial charge in [-0.05, 0) is 17.7 Å². The topological polar surface area (TPSA) is 60.9 Å². The number of nitrogens with zero attached hydrogens (tertiary/aromatic N) is 2. The molecule has 6 heteroatoms. The van der Waals surface area contributed by atoms with Gasteiger partial charge in [-0.15, -0.1) is 0 Å². The molecule has 1 aromatic carbocycles. The molecule has 0 radical (unpaired) electrons. The van der Waals surface area contributed by atoms with Crippen LogP contribution in [0.1, 0.15) is 5.56 Å². The van der Waals surface area contributed by atoms with Crippen molar-refractivity contribution in [1.29, 1.82) is 0 Å². The Morgan fingerprint density at radius 2 is 2.06 bits per heavy atom. The SMILES string of the molecule is Cn1nc(-c2ccc(F)cc2F)c(CN)cc1=O. The molecule has 2 rings (SSSR count). The minimum absolute atomic E-state index is 0.0508. The van der Waals surface area contributed by atoms with Gasteiger partial charge in [0, 0.05) is 31.3 Å². The van der Waals surface area contributed by atoms with Gasteiger partial charge in [0.1, 0.15) is 11.6 Å². The Balaban J connectivity index is 2.70. The zero-order chi connectivity index (χ0) is 13.3. The molecule has 0 aliphatic heterocycles. The summed E-state index contributed by atoms with van der Waals surface area (Å²) in [5.41, 5.74) is 5.96. The van der Waals surface area contributed by atoms with Crippen LogP contribution in [0.25, 0.3) is 11.3 Å². The molecule has 0 saturated carbocycles. The number of hydrogen-bond donors (Lipinski definition) is 1. The predicted octanol–water partition coefficient (Wildman–Crippen LogP) is 1.18. The highest BCUT2D eigenvalue weighted by molar-refractivity contribution is 5.63. The third kappa shape index (κ3) is 2.14. The van der Waals surface area contributed by atoms with E-state index in [-0.39, 0.29) is 23.4 Å². The van der Waals surface area contributed by atoms with E-state index in [1.807, 2.05) is 0 Å². The van der Waals surface area contributed by atoms with Crippen LogP contribution in [-0.2, 0) is 13.6 Å². The second-order valence-electron chi connectivity index (χ2n) is 3.81. The van der Waals surface area contributed by atoms with E-state index in [0.717, 1.165) is 16.8 Å². The van der Waals surface area contributed by atoms with Crippen molar-refractivity contribution in [2.45, 2.75) is 6.54 Å². The molecule has 0 aliphatic rings. The molecule has 1 heterocycles. The zero-order valence-corrected chi connectivity index (χ0v) is 9.65. The second-order valence-corrected chi connectivity index (χ2v) is 3.81. The van der Waals surface area contributed by atoms with Crippen molar-refractivity contribution in [3.8, 4) is 11.3 Å². The van der Waals surface area contributed by atoms with Crippen LogP contribution in [0.2, 0.25) is 0 Å². The average Bonchev–Trinajstić information content (AvgIpc) is 2.32. The Labute approximate surface area is 102 Å². The number of rotatable bonds is 2. The van der Waals surface area contributed by atoms with Gasteiger partial charge in [-0.25, -0.2) is 13.5 Å². The van der Waals surface area contributed by atoms with Crippen molar-refractivity contribution in [2.24, 2.45) is 12.8 Å². The summed E-state index contributed by atoms with van der Waals surface area (Å²) in [5.74, 6) is -1.41. The van der Waals surface area contributed by atoms with Crippen LogP contribution in [0.3, 0.4) is 0 Å².